The summed E-state index contributed by atoms with van der Waals surface area (Å²) in [5.74, 6) is 0.813. The maximum absolute atomic E-state index is 12.9. The molecule has 2 bridgehead atoms. The molecule has 2 amide bonds. The molecule has 6 rings (SSSR count). The van der Waals surface area contributed by atoms with Crippen molar-refractivity contribution in [2.24, 2.45) is 5.92 Å². The molecular formula is C30H40N4O. The van der Waals surface area contributed by atoms with E-state index in [4.69, 9.17) is 0 Å². The van der Waals surface area contributed by atoms with Gasteiger partial charge in [0, 0.05) is 50.8 Å². The van der Waals surface area contributed by atoms with E-state index in [-0.39, 0.29) is 6.03 Å². The average molecular weight is 473 g/mol. The second-order valence-electron chi connectivity index (χ2n) is 11.2. The summed E-state index contributed by atoms with van der Waals surface area (Å²) in [6.07, 6.45) is 8.76. The first kappa shape index (κ1) is 23.1. The molecule has 2 aromatic rings. The fourth-order valence-corrected chi connectivity index (χ4v) is 7.11. The Morgan fingerprint density at radius 1 is 0.771 bits per heavy atom. The van der Waals surface area contributed by atoms with E-state index in [9.17, 15) is 4.79 Å². The fraction of sp³-hybridized carbons (Fsp3) is 0.567. The third-order valence-corrected chi connectivity index (χ3v) is 9.11. The Labute approximate surface area is 210 Å². The molecule has 5 heteroatoms. The Morgan fingerprint density at radius 3 is 2.06 bits per heavy atom. The highest BCUT2D eigenvalue weighted by molar-refractivity contribution is 5.74. The SMILES string of the molecule is O=C(NC1CCC(CCN2C3CCC2c2ccccc23)CC1)N1CCN(Cc2ccccc2)CC1. The summed E-state index contributed by atoms with van der Waals surface area (Å²) in [6, 6.07) is 21.6. The van der Waals surface area contributed by atoms with E-state index in [1.165, 1.54) is 44.2 Å². The molecule has 2 unspecified atom stereocenters. The minimum Gasteiger partial charge on any atom is -0.335 e. The number of carbonyl (C=O) groups is 1. The second kappa shape index (κ2) is 10.3. The number of piperazine rings is 1. The van der Waals surface area contributed by atoms with Gasteiger partial charge in [0.25, 0.3) is 0 Å². The molecular weight excluding hydrogens is 432 g/mol. The van der Waals surface area contributed by atoms with Crippen LogP contribution in [0, 0.1) is 5.92 Å². The monoisotopic (exact) mass is 472 g/mol. The lowest BCUT2D eigenvalue weighted by Gasteiger charge is -2.36. The van der Waals surface area contributed by atoms with Gasteiger partial charge < -0.3 is 10.2 Å². The van der Waals surface area contributed by atoms with Crippen LogP contribution in [0.3, 0.4) is 0 Å². The van der Waals surface area contributed by atoms with Gasteiger partial charge in [-0.1, -0.05) is 54.6 Å². The standard InChI is InChI=1S/C30H40N4O/c35-30(33-20-18-32(19-21-33)22-24-6-2-1-3-7-24)31-25-12-10-23(11-13-25)16-17-34-28-14-15-29(34)27-9-5-4-8-26(27)28/h1-9,23,25,28-29H,10-22H2,(H,31,35). The summed E-state index contributed by atoms with van der Waals surface area (Å²) < 4.78 is 0. The maximum atomic E-state index is 12.9. The Kier molecular flexibility index (Phi) is 6.80. The van der Waals surface area contributed by atoms with Crippen molar-refractivity contribution in [1.29, 1.82) is 0 Å². The van der Waals surface area contributed by atoms with Crippen LogP contribution in [0.15, 0.2) is 54.6 Å². The molecule has 3 heterocycles. The van der Waals surface area contributed by atoms with Crippen LogP contribution in [0.1, 0.15) is 73.7 Å². The molecule has 186 valence electrons. The normalized spacial score (nSPS) is 28.7. The molecule has 1 saturated carbocycles. The Bertz CT molecular complexity index is 963. The highest BCUT2D eigenvalue weighted by Gasteiger charge is 2.43. The largest absolute Gasteiger partial charge is 0.335 e. The van der Waals surface area contributed by atoms with E-state index in [1.807, 2.05) is 4.90 Å². The van der Waals surface area contributed by atoms with Gasteiger partial charge >= 0.3 is 6.03 Å². The van der Waals surface area contributed by atoms with Crippen molar-refractivity contribution in [1.82, 2.24) is 20.0 Å². The number of hydrogen-bond donors (Lipinski definition) is 1. The maximum Gasteiger partial charge on any atom is 0.317 e. The zero-order chi connectivity index (χ0) is 23.6. The lowest BCUT2D eigenvalue weighted by Crippen LogP contribution is -2.53. The Balaban J connectivity index is 0.904. The van der Waals surface area contributed by atoms with Crippen LogP contribution in [0.25, 0.3) is 0 Å². The van der Waals surface area contributed by atoms with Crippen molar-refractivity contribution in [3.8, 4) is 0 Å². The predicted octanol–water partition coefficient (Wildman–Crippen LogP) is 5.35. The number of urea groups is 1. The highest BCUT2D eigenvalue weighted by Crippen LogP contribution is 2.53. The number of nitrogens with one attached hydrogen (secondary N) is 1. The van der Waals surface area contributed by atoms with Crippen molar-refractivity contribution in [3.05, 3.63) is 71.3 Å². The number of fused-ring (bicyclic) bond motifs is 5. The summed E-state index contributed by atoms with van der Waals surface area (Å²) >= 11 is 0. The molecule has 0 spiro atoms. The van der Waals surface area contributed by atoms with E-state index in [2.05, 4.69) is 69.7 Å². The topological polar surface area (TPSA) is 38.8 Å². The average Bonchev–Trinajstić information content (AvgIpc) is 3.45. The number of nitrogens with zero attached hydrogens (tertiary/aromatic N) is 3. The van der Waals surface area contributed by atoms with Crippen LogP contribution < -0.4 is 5.32 Å². The van der Waals surface area contributed by atoms with E-state index < -0.39 is 0 Å². The van der Waals surface area contributed by atoms with Gasteiger partial charge in [-0.05, 0) is 74.1 Å². The van der Waals surface area contributed by atoms with Gasteiger partial charge in [-0.15, -0.1) is 0 Å². The van der Waals surface area contributed by atoms with Gasteiger partial charge in [-0.2, -0.15) is 0 Å². The Morgan fingerprint density at radius 2 is 1.40 bits per heavy atom. The van der Waals surface area contributed by atoms with Crippen LogP contribution >= 0.6 is 0 Å². The van der Waals surface area contributed by atoms with E-state index in [0.29, 0.717) is 18.1 Å². The summed E-state index contributed by atoms with van der Waals surface area (Å²) in [5, 5.41) is 3.36. The molecule has 2 saturated heterocycles. The second-order valence-corrected chi connectivity index (χ2v) is 11.2. The van der Waals surface area contributed by atoms with Gasteiger partial charge in [0.2, 0.25) is 0 Å². The quantitative estimate of drug-likeness (QED) is 0.616. The van der Waals surface area contributed by atoms with E-state index >= 15 is 0 Å². The van der Waals surface area contributed by atoms with Crippen LogP contribution in [-0.2, 0) is 6.54 Å². The minimum absolute atomic E-state index is 0.152. The predicted molar refractivity (Wildman–Crippen MR) is 140 cm³/mol. The molecule has 5 nitrogen and oxygen atoms in total. The fourth-order valence-electron chi connectivity index (χ4n) is 7.11. The lowest BCUT2D eigenvalue weighted by atomic mass is 9.84. The van der Waals surface area contributed by atoms with Gasteiger partial charge in [-0.3, -0.25) is 9.80 Å². The molecule has 3 aliphatic heterocycles. The summed E-state index contributed by atoms with van der Waals surface area (Å²) in [6.45, 7) is 5.78. The van der Waals surface area contributed by atoms with Crippen LogP contribution in [0.2, 0.25) is 0 Å². The molecule has 0 radical (unpaired) electrons. The highest BCUT2D eigenvalue weighted by atomic mass is 16.2. The molecule has 2 aromatic carbocycles. The first-order valence-electron chi connectivity index (χ1n) is 13.9. The lowest BCUT2D eigenvalue weighted by molar-refractivity contribution is 0.130. The molecule has 2 atom stereocenters. The number of hydrogen-bond acceptors (Lipinski definition) is 3. The van der Waals surface area contributed by atoms with Crippen LogP contribution in [-0.4, -0.2) is 59.5 Å². The molecule has 0 aromatic heterocycles. The zero-order valence-electron chi connectivity index (χ0n) is 20.9. The Hall–Kier alpha value is -2.37. The van der Waals surface area contributed by atoms with E-state index in [0.717, 1.165) is 51.5 Å². The first-order chi connectivity index (χ1) is 17.2. The number of amides is 2. The van der Waals surface area contributed by atoms with Crippen molar-refractivity contribution >= 4 is 6.03 Å². The zero-order valence-corrected chi connectivity index (χ0v) is 20.9. The third-order valence-electron chi connectivity index (χ3n) is 9.11. The van der Waals surface area contributed by atoms with Crippen molar-refractivity contribution in [2.75, 3.05) is 32.7 Å². The number of carbonyl (C=O) groups excluding carboxylic acids is 1. The summed E-state index contributed by atoms with van der Waals surface area (Å²) in [7, 11) is 0. The van der Waals surface area contributed by atoms with Crippen molar-refractivity contribution in [2.45, 2.75) is 69.6 Å². The molecule has 4 aliphatic rings. The number of rotatable bonds is 6. The molecule has 1 N–H and O–H groups in total. The minimum atomic E-state index is 0.152. The summed E-state index contributed by atoms with van der Waals surface area (Å²) in [4.78, 5) is 20.2. The van der Waals surface area contributed by atoms with E-state index in [1.54, 1.807) is 11.1 Å². The van der Waals surface area contributed by atoms with Crippen LogP contribution in [0.4, 0.5) is 4.79 Å². The third kappa shape index (κ3) is 4.99. The van der Waals surface area contributed by atoms with Gasteiger partial charge in [0.15, 0.2) is 0 Å². The molecule has 3 fully saturated rings. The first-order valence-corrected chi connectivity index (χ1v) is 13.9. The molecule has 35 heavy (non-hydrogen) atoms. The van der Waals surface area contributed by atoms with Gasteiger partial charge in [0.05, 0.1) is 0 Å². The van der Waals surface area contributed by atoms with Gasteiger partial charge in [0.1, 0.15) is 0 Å². The number of benzene rings is 2. The summed E-state index contributed by atoms with van der Waals surface area (Å²) in [5.41, 5.74) is 4.54. The van der Waals surface area contributed by atoms with Gasteiger partial charge in [-0.25, -0.2) is 4.79 Å². The van der Waals surface area contributed by atoms with Crippen molar-refractivity contribution < 1.29 is 4.79 Å². The van der Waals surface area contributed by atoms with Crippen LogP contribution in [0.5, 0.6) is 0 Å². The van der Waals surface area contributed by atoms with Crippen molar-refractivity contribution in [3.63, 3.8) is 0 Å². The molecule has 1 aliphatic carbocycles. The smallest absolute Gasteiger partial charge is 0.317 e.